The van der Waals surface area contributed by atoms with Crippen molar-refractivity contribution < 1.29 is 9.53 Å². The molecule has 0 fully saturated rings. The van der Waals surface area contributed by atoms with E-state index in [4.69, 9.17) is 4.74 Å². The Morgan fingerprint density at radius 3 is 1.76 bits per heavy atom. The van der Waals surface area contributed by atoms with Gasteiger partial charge in [0.1, 0.15) is 0 Å². The highest BCUT2D eigenvalue weighted by Crippen LogP contribution is 2.13. The molecule has 0 rings (SSSR count). The molecule has 0 aliphatic rings. The van der Waals surface area contributed by atoms with Crippen molar-refractivity contribution in [1.29, 1.82) is 0 Å². The highest BCUT2D eigenvalue weighted by atomic mass is 16.5. The van der Waals surface area contributed by atoms with Crippen molar-refractivity contribution in [2.24, 2.45) is 5.92 Å². The van der Waals surface area contributed by atoms with Gasteiger partial charge in [0.15, 0.2) is 0 Å². The monoisotopic (exact) mass is 298 g/mol. The molecule has 126 valence electrons. The quantitative estimate of drug-likeness (QED) is 0.263. The lowest BCUT2D eigenvalue weighted by Crippen LogP contribution is -2.04. The van der Waals surface area contributed by atoms with Crippen LogP contribution in [0.3, 0.4) is 0 Å². The number of ether oxygens (including phenoxy) is 1. The van der Waals surface area contributed by atoms with Crippen LogP contribution in [0.5, 0.6) is 0 Å². The Balaban J connectivity index is 3.07. The second-order valence-electron chi connectivity index (χ2n) is 6.69. The molecule has 0 N–H and O–H groups in total. The van der Waals surface area contributed by atoms with Gasteiger partial charge in [-0.15, -0.1) is 0 Å². The van der Waals surface area contributed by atoms with Crippen LogP contribution in [0.15, 0.2) is 0 Å². The fourth-order valence-electron chi connectivity index (χ4n) is 2.52. The van der Waals surface area contributed by atoms with Gasteiger partial charge < -0.3 is 4.74 Å². The van der Waals surface area contributed by atoms with E-state index in [2.05, 4.69) is 13.8 Å². The van der Waals surface area contributed by atoms with E-state index < -0.39 is 0 Å². The normalized spacial score (nSPS) is 11.0. The zero-order chi connectivity index (χ0) is 15.8. The molecule has 0 bridgehead atoms. The van der Waals surface area contributed by atoms with Crippen molar-refractivity contribution in [3.05, 3.63) is 0 Å². The number of carbonyl (C=O) groups excluding carboxylic acids is 1. The van der Waals surface area contributed by atoms with Crippen LogP contribution < -0.4 is 0 Å². The Kier molecular flexibility index (Phi) is 15.5. The standard InChI is InChI=1S/C19H38O2/c1-4-17-21-19(20)16-14-12-10-8-6-5-7-9-11-13-15-18(2)3/h18H,4-17H2,1-3H3. The van der Waals surface area contributed by atoms with Crippen LogP contribution in [0.1, 0.15) is 104 Å². The minimum atomic E-state index is -0.0155. The highest BCUT2D eigenvalue weighted by Gasteiger charge is 2.01. The van der Waals surface area contributed by atoms with Crippen molar-refractivity contribution in [2.45, 2.75) is 104 Å². The molecule has 0 spiro atoms. The summed E-state index contributed by atoms with van der Waals surface area (Å²) in [4.78, 5) is 11.3. The van der Waals surface area contributed by atoms with E-state index in [1.165, 1.54) is 64.2 Å². The predicted octanol–water partition coefficient (Wildman–Crippen LogP) is 6.28. The Morgan fingerprint density at radius 2 is 1.29 bits per heavy atom. The molecule has 2 heteroatoms. The first-order chi connectivity index (χ1) is 10.2. The minimum Gasteiger partial charge on any atom is -0.466 e. The van der Waals surface area contributed by atoms with Gasteiger partial charge in [0, 0.05) is 6.42 Å². The largest absolute Gasteiger partial charge is 0.466 e. The fourth-order valence-corrected chi connectivity index (χ4v) is 2.52. The molecule has 0 aliphatic carbocycles. The summed E-state index contributed by atoms with van der Waals surface area (Å²) in [6.45, 7) is 7.22. The van der Waals surface area contributed by atoms with E-state index in [1.54, 1.807) is 0 Å². The minimum absolute atomic E-state index is 0.0155. The van der Waals surface area contributed by atoms with Crippen molar-refractivity contribution in [3.8, 4) is 0 Å². The summed E-state index contributed by atoms with van der Waals surface area (Å²) in [5.41, 5.74) is 0. The third-order valence-electron chi connectivity index (χ3n) is 3.88. The van der Waals surface area contributed by atoms with Crippen LogP contribution >= 0.6 is 0 Å². The molecule has 0 aromatic heterocycles. The maximum atomic E-state index is 11.3. The second kappa shape index (κ2) is 15.9. The summed E-state index contributed by atoms with van der Waals surface area (Å²) < 4.78 is 5.06. The van der Waals surface area contributed by atoms with Gasteiger partial charge in [-0.2, -0.15) is 0 Å². The predicted molar refractivity (Wildman–Crippen MR) is 91.5 cm³/mol. The topological polar surface area (TPSA) is 26.3 Å². The maximum absolute atomic E-state index is 11.3. The number of hydrogen-bond acceptors (Lipinski definition) is 2. The van der Waals surface area contributed by atoms with Gasteiger partial charge in [-0.1, -0.05) is 85.0 Å². The summed E-state index contributed by atoms with van der Waals surface area (Å²) in [5.74, 6) is 0.850. The smallest absolute Gasteiger partial charge is 0.305 e. The lowest BCUT2D eigenvalue weighted by molar-refractivity contribution is -0.143. The fraction of sp³-hybridized carbons (Fsp3) is 0.947. The van der Waals surface area contributed by atoms with Gasteiger partial charge in [-0.05, 0) is 18.8 Å². The summed E-state index contributed by atoms with van der Waals surface area (Å²) in [7, 11) is 0. The van der Waals surface area contributed by atoms with Crippen LogP contribution in [0.25, 0.3) is 0 Å². The summed E-state index contributed by atoms with van der Waals surface area (Å²) in [5, 5.41) is 0. The van der Waals surface area contributed by atoms with Gasteiger partial charge in [0.05, 0.1) is 6.61 Å². The average Bonchev–Trinajstić information content (AvgIpc) is 2.45. The molecule has 0 radical (unpaired) electrons. The van der Waals surface area contributed by atoms with Gasteiger partial charge >= 0.3 is 5.97 Å². The van der Waals surface area contributed by atoms with Crippen molar-refractivity contribution in [2.75, 3.05) is 6.61 Å². The van der Waals surface area contributed by atoms with Gasteiger partial charge in [0.25, 0.3) is 0 Å². The molecule has 0 heterocycles. The van der Waals surface area contributed by atoms with Crippen LogP contribution in [-0.2, 0) is 9.53 Å². The Labute approximate surface area is 133 Å². The molecule has 21 heavy (non-hydrogen) atoms. The maximum Gasteiger partial charge on any atom is 0.305 e. The van der Waals surface area contributed by atoms with Gasteiger partial charge in [-0.3, -0.25) is 4.79 Å². The van der Waals surface area contributed by atoms with E-state index in [-0.39, 0.29) is 5.97 Å². The Bertz CT molecular complexity index is 224. The highest BCUT2D eigenvalue weighted by molar-refractivity contribution is 5.69. The Morgan fingerprint density at radius 1 is 0.810 bits per heavy atom. The van der Waals surface area contributed by atoms with E-state index in [0.29, 0.717) is 13.0 Å². The number of esters is 1. The van der Waals surface area contributed by atoms with E-state index in [1.807, 2.05) is 6.92 Å². The van der Waals surface area contributed by atoms with Crippen molar-refractivity contribution in [1.82, 2.24) is 0 Å². The lowest BCUT2D eigenvalue weighted by Gasteiger charge is -2.05. The average molecular weight is 299 g/mol. The molecule has 0 saturated heterocycles. The summed E-state index contributed by atoms with van der Waals surface area (Å²) >= 11 is 0. The van der Waals surface area contributed by atoms with Crippen molar-refractivity contribution >= 4 is 5.97 Å². The molecule has 0 aliphatic heterocycles. The van der Waals surface area contributed by atoms with Gasteiger partial charge in [0.2, 0.25) is 0 Å². The molecule has 0 unspecified atom stereocenters. The van der Waals surface area contributed by atoms with Crippen LogP contribution in [-0.4, -0.2) is 12.6 Å². The third-order valence-corrected chi connectivity index (χ3v) is 3.88. The molecule has 0 saturated carbocycles. The number of carbonyl (C=O) groups is 1. The van der Waals surface area contributed by atoms with Crippen LogP contribution in [0.2, 0.25) is 0 Å². The zero-order valence-electron chi connectivity index (χ0n) is 14.8. The number of rotatable bonds is 15. The van der Waals surface area contributed by atoms with E-state index in [0.717, 1.165) is 18.8 Å². The molecular formula is C19H38O2. The molecule has 2 nitrogen and oxygen atoms in total. The third kappa shape index (κ3) is 17.4. The Hall–Kier alpha value is -0.530. The van der Waals surface area contributed by atoms with Gasteiger partial charge in [-0.25, -0.2) is 0 Å². The first kappa shape index (κ1) is 20.5. The summed E-state index contributed by atoms with van der Waals surface area (Å²) in [6.07, 6.45) is 16.1. The molecule has 0 atom stereocenters. The van der Waals surface area contributed by atoms with Crippen LogP contribution in [0, 0.1) is 5.92 Å². The van der Waals surface area contributed by atoms with Crippen molar-refractivity contribution in [3.63, 3.8) is 0 Å². The van der Waals surface area contributed by atoms with Crippen LogP contribution in [0.4, 0.5) is 0 Å². The molecule has 0 amide bonds. The molecule has 0 aromatic rings. The van der Waals surface area contributed by atoms with E-state index in [9.17, 15) is 4.79 Å². The molecular weight excluding hydrogens is 260 g/mol. The summed E-state index contributed by atoms with van der Waals surface area (Å²) in [6, 6.07) is 0. The lowest BCUT2D eigenvalue weighted by atomic mass is 10.0. The second-order valence-corrected chi connectivity index (χ2v) is 6.69. The number of unbranched alkanes of at least 4 members (excludes halogenated alkanes) is 9. The first-order valence-electron chi connectivity index (χ1n) is 9.32. The van der Waals surface area contributed by atoms with E-state index >= 15 is 0 Å². The first-order valence-corrected chi connectivity index (χ1v) is 9.32. The molecule has 0 aromatic carbocycles. The number of hydrogen-bond donors (Lipinski definition) is 0. The SMILES string of the molecule is CCCOC(=O)CCCCCCCCCCCCC(C)C. The zero-order valence-corrected chi connectivity index (χ0v) is 14.8.